The second kappa shape index (κ2) is 11.6. The van der Waals surface area contributed by atoms with Crippen LogP contribution in [0.5, 0.6) is 0 Å². The molecule has 2 aromatic rings. The molecule has 2 fully saturated rings. The lowest BCUT2D eigenvalue weighted by molar-refractivity contribution is -0.142. The molecule has 13 heteroatoms. The molecule has 2 amide bonds. The topological polar surface area (TPSA) is 93.3 Å². The molecule has 0 spiro atoms. The Morgan fingerprint density at radius 1 is 1.18 bits per heavy atom. The summed E-state index contributed by atoms with van der Waals surface area (Å²) in [5.74, 6) is -4.02. The number of nitrogens with two attached hydrogens (primary N) is 1. The van der Waals surface area contributed by atoms with Gasteiger partial charge in [-0.25, -0.2) is 8.78 Å². The highest BCUT2D eigenvalue weighted by Crippen LogP contribution is 2.40. The first-order valence-electron chi connectivity index (χ1n) is 12.5. The van der Waals surface area contributed by atoms with Gasteiger partial charge >= 0.3 is 6.18 Å². The lowest BCUT2D eigenvalue weighted by Crippen LogP contribution is -2.48. The number of hydrogen-bond donors (Lipinski definition) is 2. The molecule has 1 aliphatic heterocycles. The molecule has 38 heavy (non-hydrogen) atoms. The average molecular weight is 560 g/mol. The zero-order chi connectivity index (χ0) is 27.5. The number of halogens is 5. The van der Waals surface area contributed by atoms with Crippen molar-refractivity contribution in [3.05, 3.63) is 41.6 Å². The molecule has 4 rings (SSSR count). The van der Waals surface area contributed by atoms with E-state index in [0.717, 1.165) is 48.6 Å². The molecule has 208 valence electrons. The minimum atomic E-state index is -4.60. The predicted molar refractivity (Wildman–Crippen MR) is 133 cm³/mol. The lowest BCUT2D eigenvalue weighted by atomic mass is 10.0. The van der Waals surface area contributed by atoms with Crippen LogP contribution in [0.1, 0.15) is 67.0 Å². The third-order valence-electron chi connectivity index (χ3n) is 6.95. The Hall–Kier alpha value is -2.67. The summed E-state index contributed by atoms with van der Waals surface area (Å²) in [4.78, 5) is 27.0. The van der Waals surface area contributed by atoms with Crippen LogP contribution in [0.4, 0.5) is 22.0 Å². The van der Waals surface area contributed by atoms with Crippen molar-refractivity contribution in [3.8, 4) is 11.3 Å². The van der Waals surface area contributed by atoms with E-state index in [1.54, 1.807) is 0 Å². The predicted octanol–water partition coefficient (Wildman–Crippen LogP) is 5.04. The molecule has 1 atom stereocenters. The first kappa shape index (κ1) is 28.3. The number of alkyl halides is 5. The van der Waals surface area contributed by atoms with E-state index < -0.39 is 42.1 Å². The maximum absolute atomic E-state index is 13.8. The fourth-order valence-corrected chi connectivity index (χ4v) is 5.57. The summed E-state index contributed by atoms with van der Waals surface area (Å²) in [6.45, 7) is -0.464. The summed E-state index contributed by atoms with van der Waals surface area (Å²) in [5.41, 5.74) is -0.805. The molecule has 1 aromatic heterocycles. The van der Waals surface area contributed by atoms with Crippen LogP contribution in [0, 0.1) is 0 Å². The number of amides is 2. The van der Waals surface area contributed by atoms with Gasteiger partial charge in [-0.05, 0) is 31.4 Å². The summed E-state index contributed by atoms with van der Waals surface area (Å²) < 4.78 is 70.4. The van der Waals surface area contributed by atoms with Crippen molar-refractivity contribution in [3.63, 3.8) is 0 Å². The second-order valence-corrected chi connectivity index (χ2v) is 10.5. The first-order chi connectivity index (χ1) is 18.0. The van der Waals surface area contributed by atoms with E-state index in [2.05, 4.69) is 10.4 Å². The number of aromatic nitrogens is 2. The minimum absolute atomic E-state index is 0.0753. The van der Waals surface area contributed by atoms with E-state index in [1.165, 1.54) is 28.9 Å². The van der Waals surface area contributed by atoms with Crippen molar-refractivity contribution in [1.82, 2.24) is 20.0 Å². The van der Waals surface area contributed by atoms with E-state index in [0.29, 0.717) is 0 Å². The monoisotopic (exact) mass is 559 g/mol. The number of carbonyl (C=O) groups is 2. The van der Waals surface area contributed by atoms with Crippen LogP contribution in [-0.2, 0) is 11.0 Å². The van der Waals surface area contributed by atoms with Crippen molar-refractivity contribution in [2.75, 3.05) is 18.8 Å². The molecule has 1 unspecified atom stereocenters. The second-order valence-electron chi connectivity index (χ2n) is 9.82. The van der Waals surface area contributed by atoms with E-state index in [1.807, 2.05) is 0 Å². The first-order valence-corrected chi connectivity index (χ1v) is 13.6. The fraction of sp³-hybridized carbons (Fsp3) is 0.560. The molecule has 0 bridgehead atoms. The lowest BCUT2D eigenvalue weighted by Gasteiger charge is -2.33. The third-order valence-corrected chi connectivity index (χ3v) is 7.54. The van der Waals surface area contributed by atoms with Crippen molar-refractivity contribution >= 4 is 23.8 Å². The van der Waals surface area contributed by atoms with Gasteiger partial charge in [0.1, 0.15) is 0 Å². The van der Waals surface area contributed by atoms with Gasteiger partial charge in [-0.3, -0.25) is 19.4 Å². The van der Waals surface area contributed by atoms with E-state index in [-0.39, 0.29) is 54.6 Å². The van der Waals surface area contributed by atoms with Crippen molar-refractivity contribution in [2.24, 2.45) is 5.14 Å². The zero-order valence-electron chi connectivity index (χ0n) is 20.6. The number of hydrogen-bond acceptors (Lipinski definition) is 5. The van der Waals surface area contributed by atoms with Gasteiger partial charge in [0.15, 0.2) is 5.69 Å². The van der Waals surface area contributed by atoms with Crippen molar-refractivity contribution < 1.29 is 31.5 Å². The van der Waals surface area contributed by atoms with E-state index >= 15 is 0 Å². The molecule has 0 radical (unpaired) electrons. The molecule has 7 nitrogen and oxygen atoms in total. The smallest absolute Gasteiger partial charge is 0.347 e. The maximum atomic E-state index is 13.8. The number of nitrogens with zero attached hydrogens (tertiary/aromatic N) is 3. The molecule has 1 aliphatic carbocycles. The number of nitrogens with one attached hydrogen (secondary N) is 1. The normalized spacial score (nSPS) is 18.9. The SMILES string of the molecule is NSCC(CC(=O)N1CCCC(F)(F)C1)NC(=O)c1cc(-c2ccccc2C(F)(F)F)n(C2CCCC2)n1. The van der Waals surface area contributed by atoms with Crippen LogP contribution in [0.25, 0.3) is 11.3 Å². The molecule has 1 aromatic carbocycles. The Kier molecular flexibility index (Phi) is 8.65. The van der Waals surface area contributed by atoms with Crippen LogP contribution in [-0.4, -0.2) is 57.3 Å². The van der Waals surface area contributed by atoms with Gasteiger partial charge in [0.25, 0.3) is 11.8 Å². The van der Waals surface area contributed by atoms with Gasteiger partial charge in [0.05, 0.1) is 23.8 Å². The Morgan fingerprint density at radius 2 is 1.89 bits per heavy atom. The summed E-state index contributed by atoms with van der Waals surface area (Å²) in [6, 6.07) is 5.56. The molecule has 1 saturated heterocycles. The Morgan fingerprint density at radius 3 is 2.55 bits per heavy atom. The largest absolute Gasteiger partial charge is 0.417 e. The zero-order valence-corrected chi connectivity index (χ0v) is 21.5. The number of piperidine rings is 1. The van der Waals surface area contributed by atoms with Gasteiger partial charge in [0.2, 0.25) is 5.91 Å². The number of likely N-dealkylation sites (tertiary alicyclic amines) is 1. The van der Waals surface area contributed by atoms with Crippen LogP contribution in [0.3, 0.4) is 0 Å². The summed E-state index contributed by atoms with van der Waals surface area (Å²) in [5, 5.41) is 12.7. The Bertz CT molecular complexity index is 1150. The van der Waals surface area contributed by atoms with Crippen LogP contribution in [0.15, 0.2) is 30.3 Å². The number of benzene rings is 1. The van der Waals surface area contributed by atoms with Crippen molar-refractivity contribution in [1.29, 1.82) is 0 Å². The maximum Gasteiger partial charge on any atom is 0.417 e. The van der Waals surface area contributed by atoms with Gasteiger partial charge in [-0.15, -0.1) is 0 Å². The Labute approximate surface area is 221 Å². The molecular weight excluding hydrogens is 529 g/mol. The van der Waals surface area contributed by atoms with Crippen LogP contribution in [0.2, 0.25) is 0 Å². The summed E-state index contributed by atoms with van der Waals surface area (Å²) >= 11 is 0.881. The molecular formula is C25H30F5N5O2S. The number of carbonyl (C=O) groups excluding carboxylic acids is 2. The van der Waals surface area contributed by atoms with E-state index in [9.17, 15) is 31.5 Å². The fourth-order valence-electron chi connectivity index (χ4n) is 5.13. The van der Waals surface area contributed by atoms with Gasteiger partial charge in [-0.1, -0.05) is 43.0 Å². The minimum Gasteiger partial charge on any atom is -0.347 e. The highest BCUT2D eigenvalue weighted by Gasteiger charge is 2.38. The number of rotatable bonds is 8. The highest BCUT2D eigenvalue weighted by molar-refractivity contribution is 7.97. The van der Waals surface area contributed by atoms with Gasteiger partial charge < -0.3 is 10.2 Å². The third kappa shape index (κ3) is 6.66. The standard InChI is InChI=1S/C25H30F5N5O2S/c26-24(27)10-5-11-34(15-24)22(36)12-16(14-38-31)32-23(37)20-13-21(35(33-20)17-6-1-2-7-17)18-8-3-4-9-19(18)25(28,29)30/h3-4,8-9,13,16-17H,1-2,5-7,10-12,14-15,31H2,(H,32,37). The quantitative estimate of drug-likeness (QED) is 0.349. The van der Waals surface area contributed by atoms with E-state index in [4.69, 9.17) is 5.14 Å². The molecule has 1 saturated carbocycles. The van der Waals surface area contributed by atoms with Crippen molar-refractivity contribution in [2.45, 2.75) is 69.1 Å². The summed E-state index contributed by atoms with van der Waals surface area (Å²) in [6.07, 6.45) is -1.67. The Balaban J connectivity index is 1.57. The van der Waals surface area contributed by atoms with Crippen LogP contribution < -0.4 is 10.5 Å². The average Bonchev–Trinajstić information content (AvgIpc) is 3.53. The molecule has 2 aliphatic rings. The molecule has 3 N–H and O–H groups in total. The van der Waals surface area contributed by atoms with Gasteiger partial charge in [0, 0.05) is 36.7 Å². The van der Waals surface area contributed by atoms with Gasteiger partial charge in [-0.2, -0.15) is 18.3 Å². The van der Waals surface area contributed by atoms with Crippen LogP contribution >= 0.6 is 11.9 Å². The highest BCUT2D eigenvalue weighted by atomic mass is 32.2. The molecule has 2 heterocycles. The summed E-state index contributed by atoms with van der Waals surface area (Å²) in [7, 11) is 0.